The number of amides is 1. The summed E-state index contributed by atoms with van der Waals surface area (Å²) in [4.78, 5) is 29.9. The third-order valence-electron chi connectivity index (χ3n) is 6.29. The SMILES string of the molecule is CCCCn1c(C(=O)NC(C)(C)C)cc(C(=O)OC)c1Cc1c(-c2ccccc2)[nH]c2ccccc12. The minimum atomic E-state index is -0.439. The van der Waals surface area contributed by atoms with E-state index in [2.05, 4.69) is 41.5 Å². The van der Waals surface area contributed by atoms with E-state index in [9.17, 15) is 9.59 Å². The molecular formula is C30H35N3O3. The van der Waals surface area contributed by atoms with Crippen molar-refractivity contribution < 1.29 is 14.3 Å². The Kier molecular flexibility index (Phi) is 7.34. The first-order valence-corrected chi connectivity index (χ1v) is 12.5. The normalized spacial score (nSPS) is 11.6. The third kappa shape index (κ3) is 5.23. The van der Waals surface area contributed by atoms with Gasteiger partial charge in [-0.05, 0) is 50.5 Å². The van der Waals surface area contributed by atoms with Gasteiger partial charge in [0, 0.05) is 35.1 Å². The van der Waals surface area contributed by atoms with Crippen molar-refractivity contribution in [2.75, 3.05) is 7.11 Å². The third-order valence-corrected chi connectivity index (χ3v) is 6.29. The molecule has 0 bridgehead atoms. The van der Waals surface area contributed by atoms with Crippen molar-refractivity contribution in [3.8, 4) is 11.3 Å². The number of rotatable bonds is 8. The molecule has 0 spiro atoms. The number of H-pyrrole nitrogens is 1. The molecule has 2 N–H and O–H groups in total. The number of hydrogen-bond donors (Lipinski definition) is 2. The summed E-state index contributed by atoms with van der Waals surface area (Å²) in [6.07, 6.45) is 2.33. The molecule has 4 aromatic rings. The number of benzene rings is 2. The number of methoxy groups -OCH3 is 1. The molecule has 0 fully saturated rings. The molecule has 0 aliphatic carbocycles. The summed E-state index contributed by atoms with van der Waals surface area (Å²) in [6.45, 7) is 8.60. The van der Waals surface area contributed by atoms with Gasteiger partial charge in [-0.1, -0.05) is 61.9 Å². The molecule has 2 heterocycles. The molecule has 0 aliphatic rings. The van der Waals surface area contributed by atoms with Gasteiger partial charge in [0.05, 0.1) is 18.4 Å². The van der Waals surface area contributed by atoms with E-state index in [1.54, 1.807) is 6.07 Å². The molecule has 0 unspecified atom stereocenters. The van der Waals surface area contributed by atoms with E-state index in [4.69, 9.17) is 4.74 Å². The second-order valence-corrected chi connectivity index (χ2v) is 10.2. The van der Waals surface area contributed by atoms with Gasteiger partial charge in [0.2, 0.25) is 0 Å². The maximum Gasteiger partial charge on any atom is 0.339 e. The highest BCUT2D eigenvalue weighted by molar-refractivity contribution is 5.99. The predicted molar refractivity (Wildman–Crippen MR) is 144 cm³/mol. The van der Waals surface area contributed by atoms with Crippen molar-refractivity contribution in [2.24, 2.45) is 0 Å². The lowest BCUT2D eigenvalue weighted by atomic mass is 9.99. The van der Waals surface area contributed by atoms with E-state index in [-0.39, 0.29) is 5.91 Å². The van der Waals surface area contributed by atoms with E-state index in [1.807, 2.05) is 55.7 Å². The topological polar surface area (TPSA) is 76.1 Å². The number of ether oxygens (including phenoxy) is 1. The number of nitrogens with one attached hydrogen (secondary N) is 2. The van der Waals surface area contributed by atoms with Gasteiger partial charge < -0.3 is 19.6 Å². The lowest BCUT2D eigenvalue weighted by Crippen LogP contribution is -2.41. The first kappa shape index (κ1) is 25.3. The first-order chi connectivity index (χ1) is 17.2. The molecule has 0 saturated carbocycles. The number of carbonyl (C=O) groups is 2. The summed E-state index contributed by atoms with van der Waals surface area (Å²) in [5.41, 5.74) is 5.49. The Labute approximate surface area is 212 Å². The zero-order valence-corrected chi connectivity index (χ0v) is 21.8. The minimum absolute atomic E-state index is 0.197. The van der Waals surface area contributed by atoms with Gasteiger partial charge in [0.1, 0.15) is 5.69 Å². The van der Waals surface area contributed by atoms with Crippen molar-refractivity contribution in [1.82, 2.24) is 14.9 Å². The maximum atomic E-state index is 13.3. The van der Waals surface area contributed by atoms with Gasteiger partial charge in [-0.15, -0.1) is 0 Å². The molecule has 1 amide bonds. The van der Waals surface area contributed by atoms with Crippen molar-refractivity contribution in [2.45, 2.75) is 59.0 Å². The maximum absolute atomic E-state index is 13.3. The van der Waals surface area contributed by atoms with Crippen LogP contribution >= 0.6 is 0 Å². The predicted octanol–water partition coefficient (Wildman–Crippen LogP) is 6.34. The molecule has 4 rings (SSSR count). The van der Waals surface area contributed by atoms with Crippen LogP contribution < -0.4 is 5.32 Å². The number of nitrogens with zero attached hydrogens (tertiary/aromatic N) is 1. The Hall–Kier alpha value is -3.80. The van der Waals surface area contributed by atoms with Gasteiger partial charge in [-0.25, -0.2) is 4.79 Å². The summed E-state index contributed by atoms with van der Waals surface area (Å²) >= 11 is 0. The lowest BCUT2D eigenvalue weighted by Gasteiger charge is -2.21. The molecule has 36 heavy (non-hydrogen) atoms. The number of para-hydroxylation sites is 1. The largest absolute Gasteiger partial charge is 0.465 e. The smallest absolute Gasteiger partial charge is 0.339 e. The molecule has 0 radical (unpaired) electrons. The van der Waals surface area contributed by atoms with Crippen LogP contribution in [0, 0.1) is 0 Å². The second-order valence-electron chi connectivity index (χ2n) is 10.2. The van der Waals surface area contributed by atoms with Gasteiger partial charge in [0.15, 0.2) is 0 Å². The van der Waals surface area contributed by atoms with E-state index in [1.165, 1.54) is 7.11 Å². The van der Waals surface area contributed by atoms with Gasteiger partial charge in [-0.2, -0.15) is 0 Å². The molecule has 0 aliphatic heterocycles. The highest BCUT2D eigenvalue weighted by atomic mass is 16.5. The fourth-order valence-corrected chi connectivity index (χ4v) is 4.63. The Morgan fingerprint density at radius 1 is 1.03 bits per heavy atom. The van der Waals surface area contributed by atoms with E-state index >= 15 is 0 Å². The van der Waals surface area contributed by atoms with Gasteiger partial charge in [0.25, 0.3) is 5.91 Å². The molecule has 188 valence electrons. The summed E-state index contributed by atoms with van der Waals surface area (Å²) in [5, 5.41) is 4.15. The molecular weight excluding hydrogens is 450 g/mol. The molecule has 0 saturated heterocycles. The van der Waals surface area contributed by atoms with Crippen molar-refractivity contribution in [1.29, 1.82) is 0 Å². The zero-order valence-electron chi connectivity index (χ0n) is 21.8. The number of carbonyl (C=O) groups excluding carboxylic acids is 2. The molecule has 6 nitrogen and oxygen atoms in total. The fraction of sp³-hybridized carbons (Fsp3) is 0.333. The highest BCUT2D eigenvalue weighted by Gasteiger charge is 2.27. The van der Waals surface area contributed by atoms with Crippen LogP contribution in [0.15, 0.2) is 60.7 Å². The molecule has 6 heteroatoms. The van der Waals surface area contributed by atoms with Crippen LogP contribution in [0.4, 0.5) is 0 Å². The van der Waals surface area contributed by atoms with Crippen molar-refractivity contribution >= 4 is 22.8 Å². The second kappa shape index (κ2) is 10.4. The Morgan fingerprint density at radius 3 is 2.39 bits per heavy atom. The minimum Gasteiger partial charge on any atom is -0.465 e. The van der Waals surface area contributed by atoms with Crippen molar-refractivity contribution in [3.05, 3.63) is 83.2 Å². The van der Waals surface area contributed by atoms with E-state index < -0.39 is 11.5 Å². The van der Waals surface area contributed by atoms with Crippen LogP contribution in [0.5, 0.6) is 0 Å². The van der Waals surface area contributed by atoms with Crippen molar-refractivity contribution in [3.63, 3.8) is 0 Å². The number of unbranched alkanes of at least 4 members (excludes halogenated alkanes) is 1. The van der Waals surface area contributed by atoms with Gasteiger partial charge in [-0.3, -0.25) is 4.79 Å². The van der Waals surface area contributed by atoms with Gasteiger partial charge >= 0.3 is 5.97 Å². The summed E-state index contributed by atoms with van der Waals surface area (Å²) in [7, 11) is 1.38. The highest BCUT2D eigenvalue weighted by Crippen LogP contribution is 2.34. The van der Waals surface area contributed by atoms with E-state index in [0.717, 1.165) is 46.3 Å². The van der Waals surface area contributed by atoms with Crippen LogP contribution in [0.3, 0.4) is 0 Å². The average Bonchev–Trinajstić information content (AvgIpc) is 3.41. The number of aromatic nitrogens is 2. The Balaban J connectivity index is 1.92. The number of aromatic amines is 1. The monoisotopic (exact) mass is 485 g/mol. The Morgan fingerprint density at radius 2 is 1.72 bits per heavy atom. The summed E-state index contributed by atoms with van der Waals surface area (Å²) < 4.78 is 7.17. The quantitative estimate of drug-likeness (QED) is 0.286. The molecule has 2 aromatic heterocycles. The van der Waals surface area contributed by atoms with Crippen LogP contribution in [0.2, 0.25) is 0 Å². The Bertz CT molecular complexity index is 1370. The summed E-state index contributed by atoms with van der Waals surface area (Å²) in [5.74, 6) is -0.636. The number of esters is 1. The summed E-state index contributed by atoms with van der Waals surface area (Å²) in [6, 6.07) is 20.1. The number of hydrogen-bond acceptors (Lipinski definition) is 3. The fourth-order valence-electron chi connectivity index (χ4n) is 4.63. The first-order valence-electron chi connectivity index (χ1n) is 12.5. The van der Waals surface area contributed by atoms with Crippen LogP contribution in [0.1, 0.15) is 72.6 Å². The molecule has 2 aromatic carbocycles. The average molecular weight is 486 g/mol. The standard InChI is InChI=1S/C30H35N3O3/c1-6-7-17-33-25(23(29(35)36-5)19-26(33)28(34)32-30(2,3)4)18-22-21-15-11-12-16-24(21)31-27(22)20-13-9-8-10-14-20/h8-16,19,31H,6-7,17-18H2,1-5H3,(H,32,34). The zero-order chi connectivity index (χ0) is 25.9. The van der Waals surface area contributed by atoms with E-state index in [0.29, 0.717) is 24.2 Å². The van der Waals surface area contributed by atoms with Crippen LogP contribution in [0.25, 0.3) is 22.2 Å². The van der Waals surface area contributed by atoms with Crippen LogP contribution in [-0.4, -0.2) is 34.1 Å². The lowest BCUT2D eigenvalue weighted by molar-refractivity contribution is 0.0599. The number of fused-ring (bicyclic) bond motifs is 1. The van der Waals surface area contributed by atoms with Crippen LogP contribution in [-0.2, 0) is 17.7 Å². The molecule has 0 atom stereocenters.